The summed E-state index contributed by atoms with van der Waals surface area (Å²) in [5.74, 6) is 1.18. The van der Waals surface area contributed by atoms with Crippen molar-refractivity contribution in [3.8, 4) is 0 Å². The van der Waals surface area contributed by atoms with Crippen LogP contribution in [0, 0.1) is 0 Å². The Balaban J connectivity index is 0.000000490. The molecule has 1 fully saturated rings. The average molecular weight is 155 g/mol. The molecule has 0 aromatic carbocycles. The molecule has 0 spiro atoms. The van der Waals surface area contributed by atoms with Crippen molar-refractivity contribution in [2.24, 2.45) is 0 Å². The third-order valence-corrected chi connectivity index (χ3v) is 1.99. The van der Waals surface area contributed by atoms with Crippen molar-refractivity contribution < 1.29 is 4.18 Å². The summed E-state index contributed by atoms with van der Waals surface area (Å²) in [5.41, 5.74) is 0. The van der Waals surface area contributed by atoms with E-state index in [2.05, 4.69) is 6.92 Å². The minimum atomic E-state index is 0. The molecule has 1 nitrogen and oxygen atoms in total. The molecular weight excluding hydrogens is 144 g/mol. The smallest absolute Gasteiger partial charge is 0.0694 e. The lowest BCUT2D eigenvalue weighted by atomic mass is 10.2. The maximum absolute atomic E-state index is 5.19. The minimum absolute atomic E-state index is 0. The van der Waals surface area contributed by atoms with Gasteiger partial charge in [0.25, 0.3) is 0 Å². The molecule has 1 aliphatic heterocycles. The standard InChI is InChI=1S/C5H10OS.ClH/c1-5-3-2-4-7-6-5;/h5H,2-4H2,1H3;1H. The van der Waals surface area contributed by atoms with Crippen LogP contribution >= 0.6 is 24.4 Å². The topological polar surface area (TPSA) is 9.23 Å². The van der Waals surface area contributed by atoms with Crippen molar-refractivity contribution in [2.75, 3.05) is 5.75 Å². The van der Waals surface area contributed by atoms with Crippen LogP contribution in [0.15, 0.2) is 0 Å². The normalized spacial score (nSPS) is 28.9. The van der Waals surface area contributed by atoms with Gasteiger partial charge in [-0.3, -0.25) is 0 Å². The Bertz CT molecular complexity index is 54.4. The Hall–Kier alpha value is 0.600. The van der Waals surface area contributed by atoms with Crippen molar-refractivity contribution in [3.05, 3.63) is 0 Å². The third-order valence-electron chi connectivity index (χ3n) is 1.07. The zero-order chi connectivity index (χ0) is 5.11. The summed E-state index contributed by atoms with van der Waals surface area (Å²) >= 11 is 1.60. The first-order chi connectivity index (χ1) is 3.39. The Morgan fingerprint density at radius 1 is 1.62 bits per heavy atom. The summed E-state index contributed by atoms with van der Waals surface area (Å²) in [7, 11) is 0. The van der Waals surface area contributed by atoms with Gasteiger partial charge in [-0.15, -0.1) is 12.4 Å². The van der Waals surface area contributed by atoms with Crippen LogP contribution in [0.5, 0.6) is 0 Å². The monoisotopic (exact) mass is 154 g/mol. The summed E-state index contributed by atoms with van der Waals surface area (Å²) in [5, 5.41) is 0. The summed E-state index contributed by atoms with van der Waals surface area (Å²) in [6.07, 6.45) is 3.07. The van der Waals surface area contributed by atoms with E-state index >= 15 is 0 Å². The number of rotatable bonds is 0. The molecule has 1 heterocycles. The fraction of sp³-hybridized carbons (Fsp3) is 1.00. The lowest BCUT2D eigenvalue weighted by molar-refractivity contribution is 0.237. The van der Waals surface area contributed by atoms with E-state index in [-0.39, 0.29) is 12.4 Å². The van der Waals surface area contributed by atoms with Gasteiger partial charge in [-0.2, -0.15) is 0 Å². The van der Waals surface area contributed by atoms with Gasteiger partial charge in [-0.05, 0) is 31.8 Å². The maximum atomic E-state index is 5.19. The molecule has 1 saturated heterocycles. The van der Waals surface area contributed by atoms with Gasteiger partial charge in [0.15, 0.2) is 0 Å². The number of hydrogen-bond donors (Lipinski definition) is 0. The zero-order valence-electron chi connectivity index (χ0n) is 4.92. The first kappa shape index (κ1) is 8.60. The highest BCUT2D eigenvalue weighted by Crippen LogP contribution is 2.19. The molecule has 0 bridgehead atoms. The lowest BCUT2D eigenvalue weighted by Gasteiger charge is -2.15. The molecule has 3 heteroatoms. The molecular formula is C5H11ClOS. The molecule has 1 unspecified atom stereocenters. The molecule has 0 amide bonds. The van der Waals surface area contributed by atoms with Gasteiger partial charge < -0.3 is 4.18 Å². The molecule has 0 radical (unpaired) electrons. The van der Waals surface area contributed by atoms with Gasteiger partial charge >= 0.3 is 0 Å². The van der Waals surface area contributed by atoms with E-state index < -0.39 is 0 Å². The second-order valence-corrected chi connectivity index (χ2v) is 2.71. The fourth-order valence-corrected chi connectivity index (χ4v) is 1.35. The molecule has 0 N–H and O–H groups in total. The molecule has 0 saturated carbocycles. The van der Waals surface area contributed by atoms with Crippen molar-refractivity contribution in [1.29, 1.82) is 0 Å². The third kappa shape index (κ3) is 2.80. The van der Waals surface area contributed by atoms with Gasteiger partial charge in [-0.25, -0.2) is 0 Å². The molecule has 0 aliphatic carbocycles. The predicted octanol–water partition coefficient (Wildman–Crippen LogP) is 2.26. The highest BCUT2D eigenvalue weighted by atomic mass is 35.5. The van der Waals surface area contributed by atoms with Gasteiger partial charge in [0, 0.05) is 5.75 Å². The molecule has 8 heavy (non-hydrogen) atoms. The van der Waals surface area contributed by atoms with Gasteiger partial charge in [0.05, 0.1) is 6.10 Å². The minimum Gasteiger partial charge on any atom is -0.312 e. The van der Waals surface area contributed by atoms with E-state index in [0.29, 0.717) is 6.10 Å². The molecule has 1 atom stereocenters. The molecule has 1 aliphatic rings. The van der Waals surface area contributed by atoms with E-state index in [1.54, 1.807) is 12.0 Å². The van der Waals surface area contributed by atoms with Crippen LogP contribution in [0.25, 0.3) is 0 Å². The van der Waals surface area contributed by atoms with Gasteiger partial charge in [0.2, 0.25) is 0 Å². The molecule has 0 aromatic heterocycles. The maximum Gasteiger partial charge on any atom is 0.0694 e. The van der Waals surface area contributed by atoms with E-state index in [0.717, 1.165) is 0 Å². The van der Waals surface area contributed by atoms with Crippen LogP contribution in [-0.2, 0) is 4.18 Å². The van der Waals surface area contributed by atoms with Crippen molar-refractivity contribution in [2.45, 2.75) is 25.9 Å². The van der Waals surface area contributed by atoms with E-state index in [1.165, 1.54) is 18.6 Å². The Kier molecular flexibility index (Phi) is 4.81. The fourth-order valence-electron chi connectivity index (χ4n) is 0.642. The molecule has 1 rings (SSSR count). The quantitative estimate of drug-likeness (QED) is 0.495. The first-order valence-corrected chi connectivity index (χ1v) is 3.59. The highest BCUT2D eigenvalue weighted by molar-refractivity contribution is 7.94. The van der Waals surface area contributed by atoms with Gasteiger partial charge in [-0.1, -0.05) is 0 Å². The largest absolute Gasteiger partial charge is 0.312 e. The summed E-state index contributed by atoms with van der Waals surface area (Å²) in [6.45, 7) is 2.12. The van der Waals surface area contributed by atoms with Crippen LogP contribution < -0.4 is 0 Å². The van der Waals surface area contributed by atoms with Crippen molar-refractivity contribution >= 4 is 24.4 Å². The predicted molar refractivity (Wildman–Crippen MR) is 39.5 cm³/mol. The Morgan fingerprint density at radius 2 is 2.38 bits per heavy atom. The Labute approximate surface area is 60.8 Å². The van der Waals surface area contributed by atoms with Crippen molar-refractivity contribution in [1.82, 2.24) is 0 Å². The van der Waals surface area contributed by atoms with Crippen molar-refractivity contribution in [3.63, 3.8) is 0 Å². The number of halogens is 1. The second-order valence-electron chi connectivity index (χ2n) is 1.87. The van der Waals surface area contributed by atoms with Crippen LogP contribution in [0.1, 0.15) is 19.8 Å². The molecule has 50 valence electrons. The SMILES string of the molecule is CC1CCCSO1.Cl. The zero-order valence-corrected chi connectivity index (χ0v) is 6.56. The Morgan fingerprint density at radius 3 is 2.62 bits per heavy atom. The van der Waals surface area contributed by atoms with E-state index in [9.17, 15) is 0 Å². The van der Waals surface area contributed by atoms with Gasteiger partial charge in [0.1, 0.15) is 0 Å². The van der Waals surface area contributed by atoms with Crippen LogP contribution in [0.2, 0.25) is 0 Å². The summed E-state index contributed by atoms with van der Waals surface area (Å²) in [4.78, 5) is 0. The van der Waals surface area contributed by atoms with E-state index in [1.807, 2.05) is 0 Å². The van der Waals surface area contributed by atoms with E-state index in [4.69, 9.17) is 4.18 Å². The first-order valence-electron chi connectivity index (χ1n) is 2.68. The molecule has 0 aromatic rings. The second kappa shape index (κ2) is 4.48. The highest BCUT2D eigenvalue weighted by Gasteiger charge is 2.07. The van der Waals surface area contributed by atoms with Crippen LogP contribution in [-0.4, -0.2) is 11.9 Å². The lowest BCUT2D eigenvalue weighted by Crippen LogP contribution is -2.08. The number of hydrogen-bond acceptors (Lipinski definition) is 2. The summed E-state index contributed by atoms with van der Waals surface area (Å²) < 4.78 is 5.19. The average Bonchev–Trinajstić information content (AvgIpc) is 1.69. The van der Waals surface area contributed by atoms with Crippen LogP contribution in [0.3, 0.4) is 0 Å². The van der Waals surface area contributed by atoms with Crippen LogP contribution in [0.4, 0.5) is 0 Å². The summed E-state index contributed by atoms with van der Waals surface area (Å²) in [6, 6.07) is 0.